The SMILES string of the molecule is Cl.Fc1cc(Br)ccc1Nc1ncnc2cc3c(cc12)OCCO3. The van der Waals surface area contributed by atoms with Gasteiger partial charge in [-0.05, 0) is 24.3 Å². The van der Waals surface area contributed by atoms with E-state index in [1.807, 2.05) is 6.07 Å². The van der Waals surface area contributed by atoms with Gasteiger partial charge in [0.05, 0.1) is 11.2 Å². The molecule has 2 heterocycles. The van der Waals surface area contributed by atoms with Gasteiger partial charge in [0, 0.05) is 15.9 Å². The van der Waals surface area contributed by atoms with Gasteiger partial charge in [0.15, 0.2) is 11.5 Å². The summed E-state index contributed by atoms with van der Waals surface area (Å²) in [5, 5.41) is 3.74. The number of fused-ring (bicyclic) bond motifs is 2. The lowest BCUT2D eigenvalue weighted by Gasteiger charge is -2.19. The second kappa shape index (κ2) is 6.78. The molecular weight excluding hydrogens is 401 g/mol. The van der Waals surface area contributed by atoms with E-state index in [1.54, 1.807) is 18.2 Å². The van der Waals surface area contributed by atoms with Crippen LogP contribution >= 0.6 is 28.3 Å². The molecule has 0 radical (unpaired) electrons. The molecule has 1 aromatic heterocycles. The molecule has 0 unspecified atom stereocenters. The van der Waals surface area contributed by atoms with Crippen molar-refractivity contribution < 1.29 is 13.9 Å². The summed E-state index contributed by atoms with van der Waals surface area (Å²) in [6, 6.07) is 8.40. The third kappa shape index (κ3) is 3.09. The van der Waals surface area contributed by atoms with Gasteiger partial charge >= 0.3 is 0 Å². The average molecular weight is 413 g/mol. The van der Waals surface area contributed by atoms with Gasteiger partial charge in [-0.25, -0.2) is 14.4 Å². The van der Waals surface area contributed by atoms with Crippen molar-refractivity contribution >= 4 is 50.7 Å². The molecule has 8 heteroatoms. The lowest BCUT2D eigenvalue weighted by atomic mass is 10.2. The number of halogens is 3. The molecule has 0 saturated heterocycles. The van der Waals surface area contributed by atoms with Crippen LogP contribution in [-0.2, 0) is 0 Å². The van der Waals surface area contributed by atoms with Gasteiger partial charge in [-0.3, -0.25) is 0 Å². The molecule has 1 aliphatic rings. The maximum atomic E-state index is 14.0. The topological polar surface area (TPSA) is 56.3 Å². The van der Waals surface area contributed by atoms with E-state index >= 15 is 0 Å². The Labute approximate surface area is 151 Å². The molecule has 1 aliphatic heterocycles. The van der Waals surface area contributed by atoms with Crippen LogP contribution in [0, 0.1) is 5.82 Å². The van der Waals surface area contributed by atoms with E-state index in [0.717, 1.165) is 5.39 Å². The Morgan fingerprint density at radius 3 is 2.54 bits per heavy atom. The minimum Gasteiger partial charge on any atom is -0.486 e. The van der Waals surface area contributed by atoms with Crippen molar-refractivity contribution in [2.75, 3.05) is 18.5 Å². The van der Waals surface area contributed by atoms with Crippen molar-refractivity contribution in [1.29, 1.82) is 0 Å². The summed E-state index contributed by atoms with van der Waals surface area (Å²) in [6.07, 6.45) is 1.43. The first-order valence-corrected chi connectivity index (χ1v) is 7.76. The van der Waals surface area contributed by atoms with Crippen molar-refractivity contribution in [3.8, 4) is 11.5 Å². The Bertz CT molecular complexity index is 910. The lowest BCUT2D eigenvalue weighted by Crippen LogP contribution is -2.15. The van der Waals surface area contributed by atoms with E-state index in [1.165, 1.54) is 12.4 Å². The number of hydrogen-bond donors (Lipinski definition) is 1. The van der Waals surface area contributed by atoms with Crippen LogP contribution in [0.25, 0.3) is 10.9 Å². The Morgan fingerprint density at radius 2 is 1.79 bits per heavy atom. The van der Waals surface area contributed by atoms with Crippen molar-refractivity contribution in [3.63, 3.8) is 0 Å². The van der Waals surface area contributed by atoms with Crippen LogP contribution in [-0.4, -0.2) is 23.2 Å². The number of ether oxygens (including phenoxy) is 2. The van der Waals surface area contributed by atoms with Crippen LogP contribution in [0.2, 0.25) is 0 Å². The highest BCUT2D eigenvalue weighted by Gasteiger charge is 2.16. The molecule has 2 aromatic carbocycles. The van der Waals surface area contributed by atoms with Crippen molar-refractivity contribution in [2.45, 2.75) is 0 Å². The molecule has 1 N–H and O–H groups in total. The van der Waals surface area contributed by atoms with Crippen molar-refractivity contribution in [3.05, 3.63) is 46.9 Å². The van der Waals surface area contributed by atoms with E-state index < -0.39 is 0 Å². The molecular formula is C16H12BrClFN3O2. The van der Waals surface area contributed by atoms with Crippen LogP contribution in [0.4, 0.5) is 15.9 Å². The molecule has 0 bridgehead atoms. The fraction of sp³-hybridized carbons (Fsp3) is 0.125. The summed E-state index contributed by atoms with van der Waals surface area (Å²) in [4.78, 5) is 8.46. The molecule has 0 atom stereocenters. The third-order valence-electron chi connectivity index (χ3n) is 3.48. The molecule has 124 valence electrons. The monoisotopic (exact) mass is 411 g/mol. The minimum absolute atomic E-state index is 0. The molecule has 5 nitrogen and oxygen atoms in total. The second-order valence-corrected chi connectivity index (χ2v) is 5.90. The van der Waals surface area contributed by atoms with E-state index in [2.05, 4.69) is 31.2 Å². The van der Waals surface area contributed by atoms with E-state index in [0.29, 0.717) is 46.2 Å². The molecule has 3 aromatic rings. The van der Waals surface area contributed by atoms with Crippen LogP contribution in [0.5, 0.6) is 11.5 Å². The summed E-state index contributed by atoms with van der Waals surface area (Å²) in [5.41, 5.74) is 1.03. The summed E-state index contributed by atoms with van der Waals surface area (Å²) in [5.74, 6) is 1.43. The van der Waals surface area contributed by atoms with Gasteiger partial charge in [0.25, 0.3) is 0 Å². The van der Waals surface area contributed by atoms with Crippen molar-refractivity contribution in [2.24, 2.45) is 0 Å². The van der Waals surface area contributed by atoms with E-state index in [4.69, 9.17) is 9.47 Å². The zero-order valence-corrected chi connectivity index (χ0v) is 14.7. The molecule has 0 saturated carbocycles. The number of nitrogens with one attached hydrogen (secondary N) is 1. The van der Waals surface area contributed by atoms with Gasteiger partial charge < -0.3 is 14.8 Å². The van der Waals surface area contributed by atoms with E-state index in [-0.39, 0.29) is 18.2 Å². The summed E-state index contributed by atoms with van der Waals surface area (Å²) in [7, 11) is 0. The Morgan fingerprint density at radius 1 is 1.04 bits per heavy atom. The quantitative estimate of drug-likeness (QED) is 0.673. The number of hydrogen-bond acceptors (Lipinski definition) is 5. The molecule has 0 amide bonds. The zero-order valence-electron chi connectivity index (χ0n) is 12.3. The molecule has 0 fully saturated rings. The highest BCUT2D eigenvalue weighted by Crippen LogP contribution is 2.36. The average Bonchev–Trinajstić information content (AvgIpc) is 2.56. The molecule has 0 aliphatic carbocycles. The smallest absolute Gasteiger partial charge is 0.163 e. The zero-order chi connectivity index (χ0) is 15.8. The summed E-state index contributed by atoms with van der Waals surface area (Å²) >= 11 is 3.24. The van der Waals surface area contributed by atoms with Gasteiger partial charge in [-0.1, -0.05) is 15.9 Å². The van der Waals surface area contributed by atoms with Gasteiger partial charge in [-0.2, -0.15) is 0 Å². The van der Waals surface area contributed by atoms with Gasteiger partial charge in [0.1, 0.15) is 31.2 Å². The second-order valence-electron chi connectivity index (χ2n) is 4.98. The predicted molar refractivity (Wildman–Crippen MR) is 95.2 cm³/mol. The maximum absolute atomic E-state index is 14.0. The molecule has 0 spiro atoms. The predicted octanol–water partition coefficient (Wildman–Crippen LogP) is 4.47. The summed E-state index contributed by atoms with van der Waals surface area (Å²) in [6.45, 7) is 1.01. The number of anilines is 2. The lowest BCUT2D eigenvalue weighted by molar-refractivity contribution is 0.172. The third-order valence-corrected chi connectivity index (χ3v) is 3.98. The highest BCUT2D eigenvalue weighted by atomic mass is 79.9. The Balaban J connectivity index is 0.00000169. The Kier molecular flexibility index (Phi) is 4.73. The number of nitrogens with zero attached hydrogens (tertiary/aromatic N) is 2. The molecule has 24 heavy (non-hydrogen) atoms. The largest absolute Gasteiger partial charge is 0.486 e. The first-order chi connectivity index (χ1) is 11.2. The van der Waals surface area contributed by atoms with Crippen LogP contribution in [0.15, 0.2) is 41.1 Å². The van der Waals surface area contributed by atoms with Crippen LogP contribution < -0.4 is 14.8 Å². The summed E-state index contributed by atoms with van der Waals surface area (Å²) < 4.78 is 25.8. The van der Waals surface area contributed by atoms with Crippen LogP contribution in [0.3, 0.4) is 0 Å². The first-order valence-electron chi connectivity index (χ1n) is 6.97. The van der Waals surface area contributed by atoms with Gasteiger partial charge in [-0.15, -0.1) is 12.4 Å². The fourth-order valence-corrected chi connectivity index (χ4v) is 2.74. The van der Waals surface area contributed by atoms with Crippen LogP contribution in [0.1, 0.15) is 0 Å². The number of aromatic nitrogens is 2. The number of rotatable bonds is 2. The first kappa shape index (κ1) is 16.7. The standard InChI is InChI=1S/C16H11BrFN3O2.ClH/c17-9-1-2-12(11(18)5-9)21-16-10-6-14-15(23-4-3-22-14)7-13(10)19-8-20-16;/h1-2,5-8H,3-4H2,(H,19,20,21);1H. The van der Waals surface area contributed by atoms with Crippen molar-refractivity contribution in [1.82, 2.24) is 9.97 Å². The Hall–Kier alpha value is -2.12. The minimum atomic E-state index is -0.372. The highest BCUT2D eigenvalue weighted by molar-refractivity contribution is 9.10. The maximum Gasteiger partial charge on any atom is 0.163 e. The van der Waals surface area contributed by atoms with Gasteiger partial charge in [0.2, 0.25) is 0 Å². The number of benzene rings is 2. The van der Waals surface area contributed by atoms with E-state index in [9.17, 15) is 4.39 Å². The fourth-order valence-electron chi connectivity index (χ4n) is 2.41. The molecule has 4 rings (SSSR count). The normalized spacial score (nSPS) is 12.6.